The van der Waals surface area contributed by atoms with Gasteiger partial charge in [-0.3, -0.25) is 19.7 Å². The number of carbonyl (C=O) groups is 3. The van der Waals surface area contributed by atoms with Crippen molar-refractivity contribution in [3.8, 4) is 5.69 Å². The largest absolute Gasteiger partial charge is 0.382 e. The summed E-state index contributed by atoms with van der Waals surface area (Å²) in [6.07, 6.45) is 1.29. The van der Waals surface area contributed by atoms with E-state index in [1.165, 1.54) is 4.90 Å². The molecular weight excluding hydrogens is 398 g/mol. The number of aliphatic hydroxyl groups excluding tert-OH is 1. The highest BCUT2D eigenvalue weighted by Gasteiger charge is 2.39. The van der Waals surface area contributed by atoms with Crippen molar-refractivity contribution in [2.45, 2.75) is 31.5 Å². The molecule has 3 heterocycles. The van der Waals surface area contributed by atoms with E-state index in [1.54, 1.807) is 23.0 Å². The Morgan fingerprint density at radius 3 is 2.68 bits per heavy atom. The van der Waals surface area contributed by atoms with E-state index in [-0.39, 0.29) is 24.8 Å². The van der Waals surface area contributed by atoms with E-state index in [9.17, 15) is 19.5 Å². The highest BCUT2D eigenvalue weighted by atomic mass is 16.3. The summed E-state index contributed by atoms with van der Waals surface area (Å²) >= 11 is 0. The number of hydrogen-bond donors (Lipinski definition) is 2. The summed E-state index contributed by atoms with van der Waals surface area (Å²) in [4.78, 5) is 37.9. The van der Waals surface area contributed by atoms with Gasteiger partial charge in [0, 0.05) is 18.5 Å². The first-order chi connectivity index (χ1) is 15.0. The molecule has 0 radical (unpaired) electrons. The van der Waals surface area contributed by atoms with Gasteiger partial charge in [-0.05, 0) is 35.7 Å². The summed E-state index contributed by atoms with van der Waals surface area (Å²) in [5.41, 5.74) is 3.11. The Balaban J connectivity index is 1.38. The molecule has 2 atom stereocenters. The maximum absolute atomic E-state index is 12.8. The average Bonchev–Trinajstić information content (AvgIpc) is 3.39. The molecule has 0 spiro atoms. The number of carbonyl (C=O) groups excluding carboxylic acids is 3. The number of aliphatic hydroxyl groups is 1. The molecule has 2 unspecified atom stereocenters. The van der Waals surface area contributed by atoms with E-state index < -0.39 is 18.1 Å². The number of benzene rings is 2. The zero-order chi connectivity index (χ0) is 21.5. The zero-order valence-corrected chi connectivity index (χ0v) is 16.4. The van der Waals surface area contributed by atoms with E-state index in [0.29, 0.717) is 28.9 Å². The van der Waals surface area contributed by atoms with Crippen molar-refractivity contribution in [1.82, 2.24) is 25.2 Å². The molecular formula is C22H19N5O4. The van der Waals surface area contributed by atoms with Gasteiger partial charge in [0.15, 0.2) is 0 Å². The quantitative estimate of drug-likeness (QED) is 0.614. The average molecular weight is 417 g/mol. The molecule has 2 aliphatic rings. The van der Waals surface area contributed by atoms with E-state index in [4.69, 9.17) is 0 Å². The summed E-state index contributed by atoms with van der Waals surface area (Å²) in [5.74, 6) is -0.976. The second kappa shape index (κ2) is 7.44. The number of imide groups is 1. The lowest BCUT2D eigenvalue weighted by Gasteiger charge is -2.29. The van der Waals surface area contributed by atoms with E-state index in [2.05, 4.69) is 15.6 Å². The van der Waals surface area contributed by atoms with Gasteiger partial charge in [0.2, 0.25) is 11.8 Å². The number of piperidine rings is 1. The monoisotopic (exact) mass is 417 g/mol. The molecule has 9 heteroatoms. The molecule has 0 saturated carbocycles. The molecule has 1 aromatic heterocycles. The van der Waals surface area contributed by atoms with Gasteiger partial charge in [-0.15, -0.1) is 5.10 Å². The summed E-state index contributed by atoms with van der Waals surface area (Å²) in [6, 6.07) is 13.8. The minimum atomic E-state index is -0.894. The second-order valence-electron chi connectivity index (χ2n) is 7.64. The minimum Gasteiger partial charge on any atom is -0.382 e. The molecule has 5 rings (SSSR count). The smallest absolute Gasteiger partial charge is 0.255 e. The third-order valence-corrected chi connectivity index (χ3v) is 5.68. The van der Waals surface area contributed by atoms with E-state index >= 15 is 0 Å². The van der Waals surface area contributed by atoms with Crippen LogP contribution in [0.15, 0.2) is 54.7 Å². The summed E-state index contributed by atoms with van der Waals surface area (Å²) in [6.45, 7) is 0.280. The van der Waals surface area contributed by atoms with Crippen LogP contribution < -0.4 is 5.32 Å². The van der Waals surface area contributed by atoms with Crippen LogP contribution in [0.3, 0.4) is 0 Å². The first-order valence-corrected chi connectivity index (χ1v) is 9.94. The lowest BCUT2D eigenvalue weighted by atomic mass is 10.0. The van der Waals surface area contributed by atoms with Gasteiger partial charge in [0.1, 0.15) is 17.8 Å². The molecule has 0 bridgehead atoms. The van der Waals surface area contributed by atoms with E-state index in [1.807, 2.05) is 36.4 Å². The standard InChI is InChI=1S/C22H19N5O4/c28-19-9-8-18(21(30)23-19)26-11-14-10-15(6-7-16(14)22(26)31)27-12-17(24-25-27)20(29)13-4-2-1-3-5-13/h1-7,10,12,18,20,29H,8-9,11H2,(H,23,28,30). The Morgan fingerprint density at radius 2 is 1.90 bits per heavy atom. The Kier molecular flexibility index (Phi) is 4.59. The third-order valence-electron chi connectivity index (χ3n) is 5.68. The number of amides is 3. The third kappa shape index (κ3) is 3.38. The van der Waals surface area contributed by atoms with Crippen LogP contribution in [0, 0.1) is 0 Å². The summed E-state index contributed by atoms with van der Waals surface area (Å²) in [7, 11) is 0. The van der Waals surface area contributed by atoms with Gasteiger partial charge in [-0.2, -0.15) is 0 Å². The summed E-state index contributed by atoms with van der Waals surface area (Å²) < 4.78 is 1.54. The lowest BCUT2D eigenvalue weighted by Crippen LogP contribution is -2.52. The molecule has 31 heavy (non-hydrogen) atoms. The molecule has 1 saturated heterocycles. The molecule has 9 nitrogen and oxygen atoms in total. The van der Waals surface area contributed by atoms with Crippen LogP contribution in [-0.2, 0) is 16.1 Å². The molecule has 156 valence electrons. The van der Waals surface area contributed by atoms with Crippen LogP contribution >= 0.6 is 0 Å². The van der Waals surface area contributed by atoms with Gasteiger partial charge >= 0.3 is 0 Å². The molecule has 3 amide bonds. The Morgan fingerprint density at radius 1 is 1.10 bits per heavy atom. The van der Waals surface area contributed by atoms with Gasteiger partial charge < -0.3 is 10.0 Å². The number of rotatable bonds is 4. The molecule has 2 aromatic carbocycles. The van der Waals surface area contributed by atoms with Gasteiger partial charge in [0.25, 0.3) is 5.91 Å². The molecule has 2 aliphatic heterocycles. The predicted octanol–water partition coefficient (Wildman–Crippen LogP) is 1.11. The second-order valence-corrected chi connectivity index (χ2v) is 7.64. The first kappa shape index (κ1) is 19.1. The van der Waals surface area contributed by atoms with Crippen molar-refractivity contribution >= 4 is 17.7 Å². The predicted molar refractivity (Wildman–Crippen MR) is 108 cm³/mol. The van der Waals surface area contributed by atoms with Crippen molar-refractivity contribution in [3.05, 3.63) is 77.1 Å². The fourth-order valence-corrected chi connectivity index (χ4v) is 4.04. The molecule has 0 aliphatic carbocycles. The van der Waals surface area contributed by atoms with Gasteiger partial charge in [-0.1, -0.05) is 35.5 Å². The number of aromatic nitrogens is 3. The van der Waals surface area contributed by atoms with Gasteiger partial charge in [-0.25, -0.2) is 4.68 Å². The zero-order valence-electron chi connectivity index (χ0n) is 16.4. The van der Waals surface area contributed by atoms with Crippen LogP contribution in [0.4, 0.5) is 0 Å². The van der Waals surface area contributed by atoms with Crippen LogP contribution in [-0.4, -0.2) is 48.8 Å². The maximum Gasteiger partial charge on any atom is 0.255 e. The van der Waals surface area contributed by atoms with Crippen molar-refractivity contribution in [2.75, 3.05) is 0 Å². The van der Waals surface area contributed by atoms with Crippen LogP contribution in [0.5, 0.6) is 0 Å². The topological polar surface area (TPSA) is 117 Å². The number of nitrogens with one attached hydrogen (secondary N) is 1. The van der Waals surface area contributed by atoms with Crippen LogP contribution in [0.1, 0.15) is 46.1 Å². The molecule has 3 aromatic rings. The van der Waals surface area contributed by atoms with Crippen LogP contribution in [0.25, 0.3) is 5.69 Å². The van der Waals surface area contributed by atoms with Gasteiger partial charge in [0.05, 0.1) is 11.9 Å². The highest BCUT2D eigenvalue weighted by molar-refractivity contribution is 6.05. The molecule has 2 N–H and O–H groups in total. The fraction of sp³-hybridized carbons (Fsp3) is 0.227. The SMILES string of the molecule is O=C1CCC(N2Cc3cc(-n4cc(C(O)c5ccccc5)nn4)ccc3C2=O)C(=O)N1. The van der Waals surface area contributed by atoms with Crippen molar-refractivity contribution in [2.24, 2.45) is 0 Å². The Labute approximate surface area is 177 Å². The van der Waals surface area contributed by atoms with Crippen molar-refractivity contribution in [3.63, 3.8) is 0 Å². The maximum atomic E-state index is 12.8. The first-order valence-electron chi connectivity index (χ1n) is 9.94. The summed E-state index contributed by atoms with van der Waals surface area (Å²) in [5, 5.41) is 21.0. The lowest BCUT2D eigenvalue weighted by molar-refractivity contribution is -0.136. The minimum absolute atomic E-state index is 0.216. The van der Waals surface area contributed by atoms with Crippen molar-refractivity contribution in [1.29, 1.82) is 0 Å². The Bertz CT molecular complexity index is 1190. The normalized spacial score (nSPS) is 19.3. The highest BCUT2D eigenvalue weighted by Crippen LogP contribution is 2.29. The number of fused-ring (bicyclic) bond motifs is 1. The van der Waals surface area contributed by atoms with E-state index in [0.717, 1.165) is 5.56 Å². The number of hydrogen-bond acceptors (Lipinski definition) is 6. The Hall–Kier alpha value is -3.85. The number of nitrogens with zero attached hydrogens (tertiary/aromatic N) is 4. The van der Waals surface area contributed by atoms with Crippen molar-refractivity contribution < 1.29 is 19.5 Å². The molecule has 1 fully saturated rings. The fourth-order valence-electron chi connectivity index (χ4n) is 4.04. The van der Waals surface area contributed by atoms with Crippen LogP contribution in [0.2, 0.25) is 0 Å².